The van der Waals surface area contributed by atoms with Crippen LogP contribution < -0.4 is 10.6 Å². The molecule has 1 saturated heterocycles. The highest BCUT2D eigenvalue weighted by molar-refractivity contribution is 5.64. The number of nitrogens with zero attached hydrogens (tertiary/aromatic N) is 3. The molecule has 2 heterocycles. The highest BCUT2D eigenvalue weighted by Crippen LogP contribution is 2.23. The van der Waals surface area contributed by atoms with E-state index in [2.05, 4.69) is 46.1 Å². The maximum Gasteiger partial charge on any atom is 0.124 e. The second-order valence-corrected chi connectivity index (χ2v) is 5.28. The molecule has 1 aromatic carbocycles. The van der Waals surface area contributed by atoms with E-state index in [0.717, 1.165) is 37.4 Å². The highest BCUT2D eigenvalue weighted by atomic mass is 15.2. The monoisotopic (exact) mass is 268 g/mol. The van der Waals surface area contributed by atoms with Crippen LogP contribution in [0.2, 0.25) is 0 Å². The van der Waals surface area contributed by atoms with E-state index in [1.54, 1.807) is 0 Å². The molecular formula is C16H20N4. The third-order valence-corrected chi connectivity index (χ3v) is 3.80. The molecule has 0 spiro atoms. The number of benzene rings is 1. The predicted octanol–water partition coefficient (Wildman–Crippen LogP) is 2.08. The van der Waals surface area contributed by atoms with Crippen molar-refractivity contribution < 1.29 is 0 Å². The fourth-order valence-electron chi connectivity index (χ4n) is 2.52. The molecule has 104 valence electrons. The molecule has 0 radical (unpaired) electrons. The Labute approximate surface area is 119 Å². The van der Waals surface area contributed by atoms with Crippen molar-refractivity contribution in [3.05, 3.63) is 42.5 Å². The van der Waals surface area contributed by atoms with Crippen molar-refractivity contribution in [3.63, 3.8) is 0 Å². The number of likely N-dealkylation sites (N-methyl/N-ethyl adjacent to an activating group) is 1. The van der Waals surface area contributed by atoms with Crippen LogP contribution in [0.25, 0.3) is 11.3 Å². The van der Waals surface area contributed by atoms with Crippen molar-refractivity contribution in [2.45, 2.75) is 0 Å². The largest absolute Gasteiger partial charge is 0.384 e. The second kappa shape index (κ2) is 5.51. The van der Waals surface area contributed by atoms with Crippen molar-refractivity contribution in [2.24, 2.45) is 0 Å². The van der Waals surface area contributed by atoms with Gasteiger partial charge in [-0.2, -0.15) is 0 Å². The Morgan fingerprint density at radius 2 is 1.65 bits per heavy atom. The summed E-state index contributed by atoms with van der Waals surface area (Å²) in [6.45, 7) is 4.43. The first kappa shape index (κ1) is 12.9. The Bertz CT molecular complexity index is 571. The van der Waals surface area contributed by atoms with Gasteiger partial charge in [-0.3, -0.25) is 0 Å². The van der Waals surface area contributed by atoms with Crippen LogP contribution in [0, 0.1) is 0 Å². The van der Waals surface area contributed by atoms with Gasteiger partial charge in [-0.1, -0.05) is 18.2 Å². The summed E-state index contributed by atoms with van der Waals surface area (Å²) in [6, 6.07) is 14.3. The molecule has 1 aliphatic rings. The lowest BCUT2D eigenvalue weighted by molar-refractivity contribution is 0.313. The number of pyridine rings is 1. The molecule has 0 aliphatic carbocycles. The maximum atomic E-state index is 5.73. The van der Waals surface area contributed by atoms with E-state index < -0.39 is 0 Å². The molecule has 1 aromatic heterocycles. The van der Waals surface area contributed by atoms with Crippen molar-refractivity contribution in [1.82, 2.24) is 9.88 Å². The number of hydrogen-bond donors (Lipinski definition) is 1. The van der Waals surface area contributed by atoms with Gasteiger partial charge in [0, 0.05) is 37.4 Å². The quantitative estimate of drug-likeness (QED) is 0.906. The summed E-state index contributed by atoms with van der Waals surface area (Å²) in [6.07, 6.45) is 0. The van der Waals surface area contributed by atoms with Gasteiger partial charge < -0.3 is 15.5 Å². The first-order valence-electron chi connectivity index (χ1n) is 6.99. The summed E-state index contributed by atoms with van der Waals surface area (Å²) in [7, 11) is 2.17. The van der Waals surface area contributed by atoms with Crippen molar-refractivity contribution in [1.29, 1.82) is 0 Å². The van der Waals surface area contributed by atoms with Crippen LogP contribution in [0.4, 0.5) is 11.5 Å². The number of rotatable bonds is 2. The molecule has 0 atom stereocenters. The number of nitrogen functional groups attached to an aromatic ring is 1. The number of hydrogen-bond acceptors (Lipinski definition) is 4. The van der Waals surface area contributed by atoms with Gasteiger partial charge >= 0.3 is 0 Å². The highest BCUT2D eigenvalue weighted by Gasteiger charge is 2.14. The number of piperazine rings is 1. The SMILES string of the molecule is CN1CCN(c2ccc(-c3cccc(N)n3)cc2)CC1. The minimum absolute atomic E-state index is 0.561. The average molecular weight is 268 g/mol. The molecule has 2 N–H and O–H groups in total. The van der Waals surface area contributed by atoms with Crippen LogP contribution >= 0.6 is 0 Å². The molecule has 0 bridgehead atoms. The van der Waals surface area contributed by atoms with Crippen LogP contribution in [0.1, 0.15) is 0 Å². The number of anilines is 2. The smallest absolute Gasteiger partial charge is 0.124 e. The minimum Gasteiger partial charge on any atom is -0.384 e. The fraction of sp³-hybridized carbons (Fsp3) is 0.312. The van der Waals surface area contributed by atoms with E-state index in [1.807, 2.05) is 18.2 Å². The van der Waals surface area contributed by atoms with E-state index in [-0.39, 0.29) is 0 Å². The molecule has 0 unspecified atom stereocenters. The number of nitrogens with two attached hydrogens (primary N) is 1. The van der Waals surface area contributed by atoms with Crippen LogP contribution in [0.15, 0.2) is 42.5 Å². The van der Waals surface area contributed by atoms with Gasteiger partial charge in [0.05, 0.1) is 5.69 Å². The molecule has 4 heteroatoms. The van der Waals surface area contributed by atoms with E-state index in [0.29, 0.717) is 5.82 Å². The summed E-state index contributed by atoms with van der Waals surface area (Å²) in [4.78, 5) is 9.14. The third-order valence-electron chi connectivity index (χ3n) is 3.80. The molecule has 3 rings (SSSR count). The van der Waals surface area contributed by atoms with Gasteiger partial charge in [0.1, 0.15) is 5.82 Å². The van der Waals surface area contributed by atoms with Gasteiger partial charge in [-0.15, -0.1) is 0 Å². The normalized spacial score (nSPS) is 16.4. The van der Waals surface area contributed by atoms with Crippen molar-refractivity contribution in [3.8, 4) is 11.3 Å². The molecular weight excluding hydrogens is 248 g/mol. The first-order valence-corrected chi connectivity index (χ1v) is 6.99. The average Bonchev–Trinajstić information content (AvgIpc) is 2.48. The zero-order valence-electron chi connectivity index (χ0n) is 11.8. The Kier molecular flexibility index (Phi) is 3.56. The zero-order valence-corrected chi connectivity index (χ0v) is 11.8. The predicted molar refractivity (Wildman–Crippen MR) is 83.8 cm³/mol. The van der Waals surface area contributed by atoms with E-state index in [9.17, 15) is 0 Å². The standard InChI is InChI=1S/C16H20N4/c1-19-9-11-20(12-10-19)14-7-5-13(6-8-14)15-3-2-4-16(17)18-15/h2-8H,9-12H2,1H3,(H2,17,18). The van der Waals surface area contributed by atoms with Gasteiger partial charge in [-0.25, -0.2) is 4.98 Å². The summed E-state index contributed by atoms with van der Waals surface area (Å²) in [5.74, 6) is 0.561. The molecule has 0 amide bonds. The van der Waals surface area contributed by atoms with E-state index in [4.69, 9.17) is 5.73 Å². The maximum absolute atomic E-state index is 5.73. The second-order valence-electron chi connectivity index (χ2n) is 5.28. The fourth-order valence-corrected chi connectivity index (χ4v) is 2.52. The Morgan fingerprint density at radius 1 is 0.950 bits per heavy atom. The Hall–Kier alpha value is -2.07. The lowest BCUT2D eigenvalue weighted by Gasteiger charge is -2.34. The summed E-state index contributed by atoms with van der Waals surface area (Å²) in [5.41, 5.74) is 9.05. The zero-order chi connectivity index (χ0) is 13.9. The Morgan fingerprint density at radius 3 is 2.30 bits per heavy atom. The van der Waals surface area contributed by atoms with Gasteiger partial charge in [0.2, 0.25) is 0 Å². The Balaban J connectivity index is 1.78. The van der Waals surface area contributed by atoms with E-state index in [1.165, 1.54) is 5.69 Å². The lowest BCUT2D eigenvalue weighted by Crippen LogP contribution is -2.44. The van der Waals surface area contributed by atoms with E-state index >= 15 is 0 Å². The first-order chi connectivity index (χ1) is 9.72. The van der Waals surface area contributed by atoms with Gasteiger partial charge in [-0.05, 0) is 31.3 Å². The minimum atomic E-state index is 0.561. The molecule has 2 aromatic rings. The molecule has 1 aliphatic heterocycles. The lowest BCUT2D eigenvalue weighted by atomic mass is 10.1. The summed E-state index contributed by atoms with van der Waals surface area (Å²) >= 11 is 0. The van der Waals surface area contributed by atoms with Crippen molar-refractivity contribution in [2.75, 3.05) is 43.9 Å². The molecule has 4 nitrogen and oxygen atoms in total. The summed E-state index contributed by atoms with van der Waals surface area (Å²) in [5, 5.41) is 0. The topological polar surface area (TPSA) is 45.4 Å². The summed E-state index contributed by atoms with van der Waals surface area (Å²) < 4.78 is 0. The third kappa shape index (κ3) is 2.75. The molecule has 1 fully saturated rings. The van der Waals surface area contributed by atoms with Crippen LogP contribution in [0.5, 0.6) is 0 Å². The van der Waals surface area contributed by atoms with Crippen LogP contribution in [0.3, 0.4) is 0 Å². The van der Waals surface area contributed by atoms with Gasteiger partial charge in [0.15, 0.2) is 0 Å². The van der Waals surface area contributed by atoms with Crippen LogP contribution in [-0.4, -0.2) is 43.1 Å². The van der Waals surface area contributed by atoms with Crippen molar-refractivity contribution >= 4 is 11.5 Å². The molecule has 0 saturated carbocycles. The van der Waals surface area contributed by atoms with Crippen LogP contribution in [-0.2, 0) is 0 Å². The number of aromatic nitrogens is 1. The van der Waals surface area contributed by atoms with Gasteiger partial charge in [0.25, 0.3) is 0 Å². The molecule has 20 heavy (non-hydrogen) atoms.